The second-order valence-electron chi connectivity index (χ2n) is 5.84. The van der Waals surface area contributed by atoms with Crippen molar-refractivity contribution in [1.29, 1.82) is 0 Å². The summed E-state index contributed by atoms with van der Waals surface area (Å²) in [4.78, 5) is 14.2. The average Bonchev–Trinajstić information content (AvgIpc) is 3.10. The first kappa shape index (κ1) is 18.6. The lowest BCUT2D eigenvalue weighted by Gasteiger charge is -2.17. The van der Waals surface area contributed by atoms with Crippen LogP contribution in [-0.4, -0.2) is 43.8 Å². The van der Waals surface area contributed by atoms with Gasteiger partial charge in [-0.2, -0.15) is 4.68 Å². The fraction of sp³-hybridized carbons (Fsp3) is 0.222. The number of tetrazole rings is 1. The minimum atomic E-state index is 0.0181. The number of amides is 1. The van der Waals surface area contributed by atoms with Gasteiger partial charge in [0.15, 0.2) is 0 Å². The normalized spacial score (nSPS) is 10.7. The molecule has 0 bridgehead atoms. The van der Waals surface area contributed by atoms with Crippen LogP contribution in [0.15, 0.2) is 58.2 Å². The molecule has 8 heteroatoms. The highest BCUT2D eigenvalue weighted by atomic mass is 79.9. The van der Waals surface area contributed by atoms with Gasteiger partial charge in [0, 0.05) is 18.1 Å². The molecule has 0 N–H and O–H groups in total. The third kappa shape index (κ3) is 4.50. The molecule has 1 amide bonds. The van der Waals surface area contributed by atoms with Crippen LogP contribution in [0.1, 0.15) is 11.1 Å². The van der Waals surface area contributed by atoms with E-state index in [2.05, 4.69) is 31.5 Å². The number of carbonyl (C=O) groups is 1. The van der Waals surface area contributed by atoms with Gasteiger partial charge in [-0.05, 0) is 46.7 Å². The maximum atomic E-state index is 12.5. The third-order valence-electron chi connectivity index (χ3n) is 3.80. The van der Waals surface area contributed by atoms with Crippen LogP contribution in [0.2, 0.25) is 0 Å². The SMILES string of the molecule is Cc1cccc(-n2nnnc2SCC(=O)N(C)Cc2ccccc2Br)c1. The van der Waals surface area contributed by atoms with Crippen LogP contribution < -0.4 is 0 Å². The smallest absolute Gasteiger partial charge is 0.233 e. The summed E-state index contributed by atoms with van der Waals surface area (Å²) in [5.41, 5.74) is 3.07. The molecule has 0 saturated heterocycles. The molecule has 6 nitrogen and oxygen atoms in total. The molecular weight excluding hydrogens is 414 g/mol. The van der Waals surface area contributed by atoms with Gasteiger partial charge in [0.05, 0.1) is 11.4 Å². The number of hydrogen-bond donors (Lipinski definition) is 0. The lowest BCUT2D eigenvalue weighted by Crippen LogP contribution is -2.28. The molecule has 0 aliphatic carbocycles. The van der Waals surface area contributed by atoms with Gasteiger partial charge in [-0.25, -0.2) is 0 Å². The van der Waals surface area contributed by atoms with Crippen molar-refractivity contribution >= 4 is 33.6 Å². The highest BCUT2D eigenvalue weighted by Gasteiger charge is 2.15. The highest BCUT2D eigenvalue weighted by molar-refractivity contribution is 9.10. The number of rotatable bonds is 6. The minimum Gasteiger partial charge on any atom is -0.341 e. The molecule has 0 spiro atoms. The summed E-state index contributed by atoms with van der Waals surface area (Å²) >= 11 is 4.84. The lowest BCUT2D eigenvalue weighted by atomic mass is 10.2. The van der Waals surface area contributed by atoms with Crippen molar-refractivity contribution in [2.24, 2.45) is 0 Å². The number of nitrogens with zero attached hydrogens (tertiary/aromatic N) is 5. The first-order valence-corrected chi connectivity index (χ1v) is 9.78. The summed E-state index contributed by atoms with van der Waals surface area (Å²) in [6.45, 7) is 2.56. The van der Waals surface area contributed by atoms with Crippen LogP contribution in [0.3, 0.4) is 0 Å². The van der Waals surface area contributed by atoms with Crippen LogP contribution >= 0.6 is 27.7 Å². The number of aromatic nitrogens is 4. The number of carbonyl (C=O) groups excluding carboxylic acids is 1. The van der Waals surface area contributed by atoms with E-state index in [1.807, 2.05) is 55.5 Å². The van der Waals surface area contributed by atoms with Crippen LogP contribution in [0.4, 0.5) is 0 Å². The van der Waals surface area contributed by atoms with Gasteiger partial charge in [0.2, 0.25) is 11.1 Å². The molecule has 26 heavy (non-hydrogen) atoms. The fourth-order valence-corrected chi connectivity index (χ4v) is 3.64. The van der Waals surface area contributed by atoms with Crippen molar-refractivity contribution in [2.45, 2.75) is 18.6 Å². The molecule has 2 aromatic carbocycles. The Hall–Kier alpha value is -2.19. The molecule has 0 unspecified atom stereocenters. The predicted molar refractivity (Wildman–Crippen MR) is 105 cm³/mol. The maximum Gasteiger partial charge on any atom is 0.233 e. The van der Waals surface area contributed by atoms with E-state index >= 15 is 0 Å². The molecule has 0 atom stereocenters. The number of thioether (sulfide) groups is 1. The zero-order valence-corrected chi connectivity index (χ0v) is 16.9. The molecule has 0 saturated carbocycles. The monoisotopic (exact) mass is 431 g/mol. The van der Waals surface area contributed by atoms with E-state index in [1.54, 1.807) is 16.6 Å². The number of hydrogen-bond acceptors (Lipinski definition) is 5. The number of halogens is 1. The Labute approximate surface area is 164 Å². The largest absolute Gasteiger partial charge is 0.341 e. The zero-order valence-electron chi connectivity index (χ0n) is 14.5. The van der Waals surface area contributed by atoms with E-state index in [0.29, 0.717) is 11.7 Å². The van der Waals surface area contributed by atoms with Gasteiger partial charge in [-0.1, -0.05) is 58.0 Å². The van der Waals surface area contributed by atoms with Gasteiger partial charge >= 0.3 is 0 Å². The van der Waals surface area contributed by atoms with Crippen molar-refractivity contribution in [3.8, 4) is 5.69 Å². The fourth-order valence-electron chi connectivity index (χ4n) is 2.40. The maximum absolute atomic E-state index is 12.5. The zero-order chi connectivity index (χ0) is 18.5. The first-order valence-electron chi connectivity index (χ1n) is 8.00. The Kier molecular flexibility index (Phi) is 6.05. The van der Waals surface area contributed by atoms with E-state index in [0.717, 1.165) is 21.3 Å². The van der Waals surface area contributed by atoms with E-state index < -0.39 is 0 Å². The molecule has 134 valence electrons. The second-order valence-corrected chi connectivity index (χ2v) is 7.64. The van der Waals surface area contributed by atoms with Gasteiger partial charge in [0.25, 0.3) is 0 Å². The summed E-state index contributed by atoms with van der Waals surface area (Å²) in [6.07, 6.45) is 0. The molecule has 3 rings (SSSR count). The van der Waals surface area contributed by atoms with Crippen molar-refractivity contribution in [1.82, 2.24) is 25.1 Å². The van der Waals surface area contributed by atoms with Crippen LogP contribution in [0.25, 0.3) is 5.69 Å². The number of benzene rings is 2. The van der Waals surface area contributed by atoms with Gasteiger partial charge < -0.3 is 4.90 Å². The highest BCUT2D eigenvalue weighted by Crippen LogP contribution is 2.21. The molecule has 1 heterocycles. The van der Waals surface area contributed by atoms with E-state index in [9.17, 15) is 4.79 Å². The van der Waals surface area contributed by atoms with E-state index in [4.69, 9.17) is 0 Å². The Morgan fingerprint density at radius 1 is 1.23 bits per heavy atom. The van der Waals surface area contributed by atoms with Crippen LogP contribution in [0, 0.1) is 6.92 Å². The summed E-state index contributed by atoms with van der Waals surface area (Å²) in [7, 11) is 1.80. The van der Waals surface area contributed by atoms with Crippen LogP contribution in [-0.2, 0) is 11.3 Å². The topological polar surface area (TPSA) is 63.9 Å². The van der Waals surface area contributed by atoms with Gasteiger partial charge in [-0.15, -0.1) is 5.10 Å². The van der Waals surface area contributed by atoms with Crippen molar-refractivity contribution in [2.75, 3.05) is 12.8 Å². The molecule has 0 aliphatic rings. The van der Waals surface area contributed by atoms with Gasteiger partial charge in [0.1, 0.15) is 0 Å². The van der Waals surface area contributed by atoms with E-state index in [-0.39, 0.29) is 11.7 Å². The molecule has 0 aliphatic heterocycles. The molecule has 1 aromatic heterocycles. The summed E-state index contributed by atoms with van der Waals surface area (Å²) < 4.78 is 2.65. The third-order valence-corrected chi connectivity index (χ3v) is 5.48. The predicted octanol–water partition coefficient (Wildman–Crippen LogP) is 3.48. The average molecular weight is 432 g/mol. The standard InChI is InChI=1S/C18H18BrN5OS/c1-13-6-5-8-15(10-13)24-18(20-21-22-24)26-12-17(25)23(2)11-14-7-3-4-9-16(14)19/h3-10H,11-12H2,1-2H3. The Morgan fingerprint density at radius 2 is 2.04 bits per heavy atom. The Bertz CT molecular complexity index is 914. The molecule has 3 aromatic rings. The van der Waals surface area contributed by atoms with Crippen molar-refractivity contribution < 1.29 is 4.79 Å². The number of aryl methyl sites for hydroxylation is 1. The Balaban J connectivity index is 1.63. The lowest BCUT2D eigenvalue weighted by molar-refractivity contribution is -0.127. The summed E-state index contributed by atoms with van der Waals surface area (Å²) in [5.74, 6) is 0.289. The quantitative estimate of drug-likeness (QED) is 0.558. The minimum absolute atomic E-state index is 0.0181. The van der Waals surface area contributed by atoms with Crippen molar-refractivity contribution in [3.63, 3.8) is 0 Å². The first-order chi connectivity index (χ1) is 12.5. The Morgan fingerprint density at radius 3 is 2.81 bits per heavy atom. The van der Waals surface area contributed by atoms with Gasteiger partial charge in [-0.3, -0.25) is 4.79 Å². The second kappa shape index (κ2) is 8.46. The molecule has 0 fully saturated rings. The van der Waals surface area contributed by atoms with Crippen LogP contribution in [0.5, 0.6) is 0 Å². The molecule has 0 radical (unpaired) electrons. The summed E-state index contributed by atoms with van der Waals surface area (Å²) in [6, 6.07) is 15.8. The van der Waals surface area contributed by atoms with Crippen molar-refractivity contribution in [3.05, 3.63) is 64.1 Å². The molecular formula is C18H18BrN5OS. The van der Waals surface area contributed by atoms with E-state index in [1.165, 1.54) is 11.8 Å². The summed E-state index contributed by atoms with van der Waals surface area (Å²) in [5, 5.41) is 12.4.